The zero-order valence-electron chi connectivity index (χ0n) is 30.1. The van der Waals surface area contributed by atoms with Gasteiger partial charge in [0.05, 0.1) is 26.4 Å². The second-order valence-corrected chi connectivity index (χ2v) is 9.93. The molecule has 0 aromatic rings. The normalized spacial score (nSPS) is 20.2. The van der Waals surface area contributed by atoms with Gasteiger partial charge in [0.2, 0.25) is 34.6 Å². The van der Waals surface area contributed by atoms with Crippen LogP contribution in [0, 0.1) is 0 Å². The van der Waals surface area contributed by atoms with Crippen LogP contribution in [-0.4, -0.2) is 415 Å². The van der Waals surface area contributed by atoms with E-state index < -0.39 is 158 Å². The summed E-state index contributed by atoms with van der Waals surface area (Å²) in [5, 5.41) is 140. The number of aliphatic hydroxyl groups excluding tert-OH is 14. The second kappa shape index (κ2) is 43.9. The molecular weight excluding hydrogens is 1160 g/mol. The first-order valence-corrected chi connectivity index (χ1v) is 14.0. The molecule has 0 spiro atoms. The fraction of sp³-hybridized carbons (Fsp3) is 0.462. The van der Waals surface area contributed by atoms with E-state index in [4.69, 9.17) is 81.7 Å². The quantitative estimate of drug-likeness (QED) is 0.0549. The summed E-state index contributed by atoms with van der Waals surface area (Å²) in [7, 11) is 0. The predicted octanol–water partition coefficient (Wildman–Crippen LogP) is -10.4. The van der Waals surface area contributed by atoms with Gasteiger partial charge in [0.1, 0.15) is 24.4 Å². The first kappa shape index (κ1) is 89.1. The Labute approximate surface area is 565 Å². The van der Waals surface area contributed by atoms with Crippen molar-refractivity contribution in [1.29, 1.82) is 0 Å². The van der Waals surface area contributed by atoms with Gasteiger partial charge in [-0.3, -0.25) is 0 Å². The van der Waals surface area contributed by atoms with Gasteiger partial charge < -0.3 is 127 Å². The van der Waals surface area contributed by atoms with Crippen molar-refractivity contribution in [1.82, 2.24) is 0 Å². The Morgan fingerprint density at radius 1 is 0.438 bits per heavy atom. The van der Waals surface area contributed by atoms with Crippen molar-refractivity contribution in [3.05, 3.63) is 46.1 Å². The zero-order chi connectivity index (χ0) is 41.8. The van der Waals surface area contributed by atoms with E-state index in [1.165, 1.54) is 0 Å². The molecule has 4 aliphatic heterocycles. The van der Waals surface area contributed by atoms with Crippen molar-refractivity contribution < 1.29 is 214 Å². The van der Waals surface area contributed by atoms with E-state index in [0.717, 1.165) is 0 Å². The first-order valence-electron chi connectivity index (χ1n) is 14.0. The summed E-state index contributed by atoms with van der Waals surface area (Å²) in [5.74, 6) is -11.5. The van der Waals surface area contributed by atoms with Crippen molar-refractivity contribution >= 4 is 242 Å². The molecule has 22 N–H and O–H groups in total. The fourth-order valence-corrected chi connectivity index (χ4v) is 3.66. The maximum Gasteiger partial charge on any atom is 0 e. The van der Waals surface area contributed by atoms with Crippen LogP contribution in [0.5, 0.6) is 0 Å². The van der Waals surface area contributed by atoms with Crippen molar-refractivity contribution in [2.75, 3.05) is 26.4 Å². The predicted molar refractivity (Wildman–Crippen MR) is 193 cm³/mol. The summed E-state index contributed by atoms with van der Waals surface area (Å²) in [5.41, 5.74) is 0. The third-order valence-corrected chi connectivity index (χ3v) is 6.26. The fourth-order valence-electron chi connectivity index (χ4n) is 3.66. The molecule has 0 saturated carbocycles. The number of aliphatic hydroxyl groups is 14. The summed E-state index contributed by atoms with van der Waals surface area (Å²) in [4.78, 5) is 63.0. The van der Waals surface area contributed by atoms with Gasteiger partial charge in [0.15, 0.2) is 35.9 Å². The molecule has 342 valence electrons. The van der Waals surface area contributed by atoms with E-state index in [-0.39, 0.29) is 280 Å². The topological polar surface area (TPSA) is 576 Å². The number of carboxylic acid groups (broad SMARTS) is 2. The minimum atomic E-state index is -1.77. The Balaban J connectivity index is -0.0000000725. The molecule has 0 radical (unpaired) electrons. The van der Waals surface area contributed by atoms with Gasteiger partial charge in [0.25, 0.3) is 0 Å². The van der Waals surface area contributed by atoms with Gasteiger partial charge in [-0.05, 0) is 0 Å². The minimum Gasteiger partial charge on any atom is 0 e. The number of ether oxygens (including phenoxy) is 6. The van der Waals surface area contributed by atoms with E-state index in [1.54, 1.807) is 0 Å². The molecule has 8 atom stereocenters. The van der Waals surface area contributed by atoms with Crippen LogP contribution < -0.4 is 0 Å². The Morgan fingerprint density at radius 2 is 0.625 bits per heavy atom. The Kier molecular flexibility index (Phi) is 61.1. The van der Waals surface area contributed by atoms with Crippen LogP contribution in [0.4, 0.5) is 9.59 Å². The Bertz CT molecular complexity index is 1480. The molecular formula is C26H42K4O31Zn3. The Morgan fingerprint density at radius 3 is 0.797 bits per heavy atom. The Hall–Kier alpha value is 2.16. The second-order valence-electron chi connectivity index (χ2n) is 9.93. The zero-order valence-corrected chi connectivity index (χ0v) is 39.0. The van der Waals surface area contributed by atoms with Crippen LogP contribution >= 0.6 is 0 Å². The van der Waals surface area contributed by atoms with Gasteiger partial charge in [-0.2, -0.15) is 0 Å². The smallest absolute Gasteiger partial charge is 0 e. The number of rotatable bonds is 10. The van der Waals surface area contributed by atoms with Crippen LogP contribution in [0.2, 0.25) is 0 Å². The van der Waals surface area contributed by atoms with Crippen molar-refractivity contribution in [3.63, 3.8) is 0 Å². The number of carbonyl (C=O) groups excluding carboxylic acids is 4. The van der Waals surface area contributed by atoms with Gasteiger partial charge >= 0.3 is 242 Å². The molecule has 0 aromatic heterocycles. The standard InChI is InChI=1S/2C7H8O8.2C6H8O6.4K.3H2O.3Zn.4H/c2*8-1-2(9)4-5(15-7(12)13)3(10)6(11)14-4;2*7-1-2(8)5-3(9)4(10)6(11)12-5;;;;;;;;;;;;;;/h2*2,4,8-10H,1H2,(H,12,13);2*2,5,7-10H,1H2;;;;;3*1H2;;;;;;;/t2*2-,4+;2*2-,5+;;;;;;;;;;;;;;/m0000............../s1. The molecule has 0 aromatic carbocycles. The summed E-state index contributed by atoms with van der Waals surface area (Å²) >= 11 is 0. The van der Waals surface area contributed by atoms with E-state index in [0.29, 0.717) is 0 Å². The SMILES string of the molecule is O.O.O.O=C(O)OC1=C(O)C(=O)O[C@@H]1[C@@H](O)CO.O=C(O)OC1=C(O)C(=O)O[C@@H]1[C@@H](O)CO.O=C1O[C@H]([C@@H](O)CO)C(O)=C1O.O=C1O[C@H]([C@@H](O)CO)C(O)=C1O.[KH].[KH].[KH].[KH].[Zn].[Zn].[Zn]. The molecule has 4 rings (SSSR count). The number of hydrogen-bond donors (Lipinski definition) is 16. The molecule has 64 heavy (non-hydrogen) atoms. The van der Waals surface area contributed by atoms with Crippen LogP contribution in [0.3, 0.4) is 0 Å². The van der Waals surface area contributed by atoms with Gasteiger partial charge in [-0.1, -0.05) is 0 Å². The van der Waals surface area contributed by atoms with Crippen LogP contribution in [0.25, 0.3) is 0 Å². The molecule has 0 saturated heterocycles. The molecule has 0 amide bonds. The van der Waals surface area contributed by atoms with Crippen LogP contribution in [0.15, 0.2) is 46.1 Å². The average Bonchev–Trinajstić information content (AvgIpc) is 3.77. The number of esters is 4. The third-order valence-electron chi connectivity index (χ3n) is 6.26. The van der Waals surface area contributed by atoms with Crippen molar-refractivity contribution in [2.45, 2.75) is 48.8 Å². The summed E-state index contributed by atoms with van der Waals surface area (Å²) < 4.78 is 25.5. The molecule has 0 unspecified atom stereocenters. The molecule has 38 heteroatoms. The maximum absolute atomic E-state index is 10.8. The average molecular weight is 1200 g/mol. The van der Waals surface area contributed by atoms with Crippen molar-refractivity contribution in [3.8, 4) is 0 Å². The number of hydrogen-bond acceptors (Lipinski definition) is 26. The van der Waals surface area contributed by atoms with E-state index in [1.807, 2.05) is 0 Å². The number of carbonyl (C=O) groups is 6. The van der Waals surface area contributed by atoms with Gasteiger partial charge in [0, 0.05) is 58.4 Å². The van der Waals surface area contributed by atoms with E-state index in [2.05, 4.69) is 28.4 Å². The van der Waals surface area contributed by atoms with E-state index in [9.17, 15) is 28.8 Å². The van der Waals surface area contributed by atoms with Crippen LogP contribution in [-0.2, 0) is 106 Å². The summed E-state index contributed by atoms with van der Waals surface area (Å²) in [6, 6.07) is 0. The number of cyclic esters (lactones) is 4. The van der Waals surface area contributed by atoms with E-state index >= 15 is 0 Å². The summed E-state index contributed by atoms with van der Waals surface area (Å²) in [6.45, 7) is -2.90. The molecule has 0 fully saturated rings. The van der Waals surface area contributed by atoms with Crippen molar-refractivity contribution in [2.24, 2.45) is 0 Å². The molecule has 4 aliphatic rings. The summed E-state index contributed by atoms with van der Waals surface area (Å²) in [6.07, 6.45) is -15.3. The first-order chi connectivity index (χ1) is 25.1. The maximum atomic E-state index is 10.8. The van der Waals surface area contributed by atoms with Crippen LogP contribution in [0.1, 0.15) is 0 Å². The largest absolute Gasteiger partial charge is 0 e. The molecule has 0 aliphatic carbocycles. The van der Waals surface area contributed by atoms with Gasteiger partial charge in [-0.15, -0.1) is 0 Å². The minimum absolute atomic E-state index is 0. The molecule has 4 heterocycles. The third kappa shape index (κ3) is 26.6. The molecule has 31 nitrogen and oxygen atoms in total. The molecule has 0 bridgehead atoms. The van der Waals surface area contributed by atoms with Gasteiger partial charge in [-0.25, -0.2) is 28.8 Å². The monoisotopic (exact) mass is 1200 g/mol.